The van der Waals surface area contributed by atoms with Crippen LogP contribution in [-0.2, 0) is 6.54 Å². The molecular weight excluding hydrogens is 236 g/mol. The summed E-state index contributed by atoms with van der Waals surface area (Å²) in [5.74, 6) is 0. The van der Waals surface area contributed by atoms with Crippen molar-refractivity contribution in [2.75, 3.05) is 19.6 Å². The van der Waals surface area contributed by atoms with Gasteiger partial charge >= 0.3 is 0 Å². The van der Waals surface area contributed by atoms with E-state index in [4.69, 9.17) is 4.42 Å². The molecule has 0 spiro atoms. The maximum absolute atomic E-state index is 5.56. The summed E-state index contributed by atoms with van der Waals surface area (Å²) in [5.41, 5.74) is 2.23. The van der Waals surface area contributed by atoms with Gasteiger partial charge < -0.3 is 9.73 Å². The van der Waals surface area contributed by atoms with Crippen LogP contribution in [0.2, 0.25) is 0 Å². The molecule has 0 saturated carbocycles. The first-order chi connectivity index (χ1) is 9.34. The third kappa shape index (κ3) is 2.82. The van der Waals surface area contributed by atoms with Gasteiger partial charge in [0.05, 0.1) is 6.26 Å². The number of rotatable bonds is 5. The molecule has 2 heterocycles. The fourth-order valence-electron chi connectivity index (χ4n) is 2.90. The molecule has 1 aliphatic heterocycles. The van der Waals surface area contributed by atoms with E-state index in [9.17, 15) is 0 Å². The van der Waals surface area contributed by atoms with Crippen molar-refractivity contribution < 1.29 is 4.42 Å². The molecule has 0 amide bonds. The highest BCUT2D eigenvalue weighted by atomic mass is 16.3. The first kappa shape index (κ1) is 12.7. The van der Waals surface area contributed by atoms with Crippen LogP contribution in [0.1, 0.15) is 25.3 Å². The first-order valence-electron chi connectivity index (χ1n) is 7.24. The molecule has 1 N–H and O–H groups in total. The summed E-state index contributed by atoms with van der Waals surface area (Å²) in [4.78, 5) is 2.57. The van der Waals surface area contributed by atoms with E-state index in [0.717, 1.165) is 18.7 Å². The lowest BCUT2D eigenvalue weighted by atomic mass is 10.2. The van der Waals surface area contributed by atoms with Gasteiger partial charge in [-0.3, -0.25) is 4.90 Å². The maximum atomic E-state index is 5.56. The normalized spacial score (nSPS) is 18.2. The molecule has 1 fully saturated rings. The van der Waals surface area contributed by atoms with Crippen molar-refractivity contribution in [3.63, 3.8) is 0 Å². The fourth-order valence-corrected chi connectivity index (χ4v) is 2.90. The lowest BCUT2D eigenvalue weighted by molar-refractivity contribution is 0.251. The minimum absolute atomic E-state index is 0.626. The number of hydrogen-bond donors (Lipinski definition) is 1. The van der Waals surface area contributed by atoms with E-state index >= 15 is 0 Å². The molecule has 2 aromatic rings. The summed E-state index contributed by atoms with van der Waals surface area (Å²) in [5, 5.41) is 4.78. The molecule has 102 valence electrons. The Hall–Kier alpha value is -1.32. The van der Waals surface area contributed by atoms with E-state index in [1.165, 1.54) is 36.9 Å². The monoisotopic (exact) mass is 258 g/mol. The molecule has 0 bridgehead atoms. The Kier molecular flexibility index (Phi) is 3.85. The van der Waals surface area contributed by atoms with E-state index in [1.807, 2.05) is 18.4 Å². The molecule has 1 atom stereocenters. The summed E-state index contributed by atoms with van der Waals surface area (Å²) in [7, 11) is 0. The van der Waals surface area contributed by atoms with Crippen molar-refractivity contribution in [1.29, 1.82) is 0 Å². The zero-order chi connectivity index (χ0) is 13.1. The smallest absolute Gasteiger partial charge is 0.134 e. The number of fused-ring (bicyclic) bond motifs is 1. The van der Waals surface area contributed by atoms with Gasteiger partial charge in [0.15, 0.2) is 0 Å². The molecule has 19 heavy (non-hydrogen) atoms. The number of likely N-dealkylation sites (tertiary alicyclic amines) is 1. The topological polar surface area (TPSA) is 28.4 Å². The highest BCUT2D eigenvalue weighted by Gasteiger charge is 2.17. The van der Waals surface area contributed by atoms with Gasteiger partial charge in [0.25, 0.3) is 0 Å². The van der Waals surface area contributed by atoms with E-state index in [1.54, 1.807) is 0 Å². The second-order valence-electron chi connectivity index (χ2n) is 5.48. The van der Waals surface area contributed by atoms with Crippen molar-refractivity contribution in [3.05, 3.63) is 36.1 Å². The summed E-state index contributed by atoms with van der Waals surface area (Å²) in [6.07, 6.45) is 4.59. The Bertz CT molecular complexity index is 528. The summed E-state index contributed by atoms with van der Waals surface area (Å²) in [6.45, 7) is 6.76. The van der Waals surface area contributed by atoms with Crippen LogP contribution in [0.4, 0.5) is 0 Å². The van der Waals surface area contributed by atoms with Crippen LogP contribution < -0.4 is 5.32 Å². The van der Waals surface area contributed by atoms with E-state index < -0.39 is 0 Å². The summed E-state index contributed by atoms with van der Waals surface area (Å²) < 4.78 is 5.56. The SMILES string of the molecule is CC(CNCc1coc2ccccc12)N1CCCC1. The van der Waals surface area contributed by atoms with Crippen molar-refractivity contribution in [3.8, 4) is 0 Å². The van der Waals surface area contributed by atoms with Gasteiger partial charge in [-0.2, -0.15) is 0 Å². The largest absolute Gasteiger partial charge is 0.464 e. The Morgan fingerprint density at radius 1 is 1.26 bits per heavy atom. The van der Waals surface area contributed by atoms with E-state index in [-0.39, 0.29) is 0 Å². The molecule has 1 unspecified atom stereocenters. The van der Waals surface area contributed by atoms with E-state index in [2.05, 4.69) is 29.3 Å². The third-order valence-corrected chi connectivity index (χ3v) is 4.08. The number of benzene rings is 1. The van der Waals surface area contributed by atoms with Crippen molar-refractivity contribution >= 4 is 11.0 Å². The Morgan fingerprint density at radius 2 is 2.05 bits per heavy atom. The van der Waals surface area contributed by atoms with Crippen molar-refractivity contribution in [1.82, 2.24) is 10.2 Å². The van der Waals surface area contributed by atoms with Gasteiger partial charge in [-0.1, -0.05) is 18.2 Å². The van der Waals surface area contributed by atoms with Crippen LogP contribution in [0.3, 0.4) is 0 Å². The maximum Gasteiger partial charge on any atom is 0.134 e. The minimum Gasteiger partial charge on any atom is -0.464 e. The number of nitrogens with zero attached hydrogens (tertiary/aromatic N) is 1. The van der Waals surface area contributed by atoms with Gasteiger partial charge in [-0.15, -0.1) is 0 Å². The number of hydrogen-bond acceptors (Lipinski definition) is 3. The minimum atomic E-state index is 0.626. The van der Waals surface area contributed by atoms with Gasteiger partial charge in [-0.25, -0.2) is 0 Å². The molecule has 3 rings (SSSR count). The highest BCUT2D eigenvalue weighted by Crippen LogP contribution is 2.20. The molecular formula is C16H22N2O. The average molecular weight is 258 g/mol. The van der Waals surface area contributed by atoms with Crippen molar-refractivity contribution in [2.45, 2.75) is 32.4 Å². The Balaban J connectivity index is 1.54. The number of furan rings is 1. The van der Waals surface area contributed by atoms with Crippen LogP contribution in [-0.4, -0.2) is 30.6 Å². The number of nitrogens with one attached hydrogen (secondary N) is 1. The third-order valence-electron chi connectivity index (χ3n) is 4.08. The van der Waals surface area contributed by atoms with Gasteiger partial charge in [0.1, 0.15) is 5.58 Å². The van der Waals surface area contributed by atoms with Gasteiger partial charge in [-0.05, 0) is 38.9 Å². The average Bonchev–Trinajstić information content (AvgIpc) is 3.08. The molecule has 0 aliphatic carbocycles. The van der Waals surface area contributed by atoms with Gasteiger partial charge in [0.2, 0.25) is 0 Å². The predicted molar refractivity (Wildman–Crippen MR) is 78.2 cm³/mol. The second-order valence-corrected chi connectivity index (χ2v) is 5.48. The lowest BCUT2D eigenvalue weighted by Gasteiger charge is -2.23. The van der Waals surface area contributed by atoms with Crippen LogP contribution in [0.15, 0.2) is 34.9 Å². The van der Waals surface area contributed by atoms with Crippen LogP contribution >= 0.6 is 0 Å². The molecule has 1 saturated heterocycles. The summed E-state index contributed by atoms with van der Waals surface area (Å²) in [6, 6.07) is 8.85. The Morgan fingerprint density at radius 3 is 2.89 bits per heavy atom. The first-order valence-corrected chi connectivity index (χ1v) is 7.24. The molecule has 1 aromatic carbocycles. The summed E-state index contributed by atoms with van der Waals surface area (Å²) >= 11 is 0. The predicted octanol–water partition coefficient (Wildman–Crippen LogP) is 3.01. The lowest BCUT2D eigenvalue weighted by Crippen LogP contribution is -2.38. The zero-order valence-electron chi connectivity index (χ0n) is 11.6. The van der Waals surface area contributed by atoms with Crippen LogP contribution in [0, 0.1) is 0 Å². The highest BCUT2D eigenvalue weighted by molar-refractivity contribution is 5.80. The van der Waals surface area contributed by atoms with E-state index in [0.29, 0.717) is 6.04 Å². The molecule has 3 nitrogen and oxygen atoms in total. The molecule has 1 aliphatic rings. The number of para-hydroxylation sites is 1. The van der Waals surface area contributed by atoms with Crippen LogP contribution in [0.25, 0.3) is 11.0 Å². The van der Waals surface area contributed by atoms with Crippen LogP contribution in [0.5, 0.6) is 0 Å². The zero-order valence-corrected chi connectivity index (χ0v) is 11.6. The molecule has 1 aromatic heterocycles. The molecule has 0 radical (unpaired) electrons. The Labute approximate surface area is 114 Å². The standard InChI is InChI=1S/C16H22N2O/c1-13(18-8-4-5-9-18)10-17-11-14-12-19-16-7-3-2-6-15(14)16/h2-3,6-7,12-13,17H,4-5,8-11H2,1H3. The van der Waals surface area contributed by atoms with Crippen molar-refractivity contribution in [2.24, 2.45) is 0 Å². The molecule has 3 heteroatoms. The second kappa shape index (κ2) is 5.76. The van der Waals surface area contributed by atoms with Gasteiger partial charge in [0, 0.05) is 30.1 Å². The quantitative estimate of drug-likeness (QED) is 0.893. The fraction of sp³-hybridized carbons (Fsp3) is 0.500.